The fraction of sp³-hybridized carbons (Fsp3) is 0.250. The van der Waals surface area contributed by atoms with Crippen molar-refractivity contribution in [3.63, 3.8) is 0 Å². The lowest BCUT2D eigenvalue weighted by Gasteiger charge is -2.05. The highest BCUT2D eigenvalue weighted by Crippen LogP contribution is 2.23. The number of carbonyl (C=O) groups excluding carboxylic acids is 1. The molecule has 4 heteroatoms. The molecule has 0 atom stereocenters. The Hall–Kier alpha value is -1.42. The van der Waals surface area contributed by atoms with Gasteiger partial charge in [-0.2, -0.15) is 0 Å². The minimum atomic E-state index is -0.366. The lowest BCUT2D eigenvalue weighted by molar-refractivity contribution is -0.138. The highest BCUT2D eigenvalue weighted by molar-refractivity contribution is 7.99. The van der Waals surface area contributed by atoms with Crippen LogP contribution in [-0.2, 0) is 9.53 Å². The van der Waals surface area contributed by atoms with E-state index in [9.17, 15) is 9.90 Å². The van der Waals surface area contributed by atoms with Crippen LogP contribution in [0.1, 0.15) is 6.92 Å². The van der Waals surface area contributed by atoms with Crippen molar-refractivity contribution in [2.75, 3.05) is 12.4 Å². The van der Waals surface area contributed by atoms with Gasteiger partial charge in [-0.25, -0.2) is 4.79 Å². The molecule has 16 heavy (non-hydrogen) atoms. The molecule has 0 aliphatic heterocycles. The molecule has 0 heterocycles. The highest BCUT2D eigenvalue weighted by atomic mass is 32.2. The number of hydrogen-bond donors (Lipinski definition) is 1. The Labute approximate surface area is 99.1 Å². The van der Waals surface area contributed by atoms with E-state index in [2.05, 4.69) is 6.58 Å². The van der Waals surface area contributed by atoms with Crippen LogP contribution in [0.5, 0.6) is 5.75 Å². The Kier molecular flexibility index (Phi) is 4.92. The Morgan fingerprint density at radius 3 is 2.94 bits per heavy atom. The molecule has 0 unspecified atom stereocenters. The molecule has 1 aromatic carbocycles. The zero-order chi connectivity index (χ0) is 12.0. The SMILES string of the molecule is C=C(CSc1cccc(O)c1)C(=O)OCC. The van der Waals surface area contributed by atoms with Crippen molar-refractivity contribution >= 4 is 17.7 Å². The quantitative estimate of drug-likeness (QED) is 0.486. The van der Waals surface area contributed by atoms with Gasteiger partial charge < -0.3 is 9.84 Å². The van der Waals surface area contributed by atoms with Crippen LogP contribution >= 0.6 is 11.8 Å². The predicted octanol–water partition coefficient (Wildman–Crippen LogP) is 2.60. The van der Waals surface area contributed by atoms with Crippen LogP contribution in [0.15, 0.2) is 41.3 Å². The van der Waals surface area contributed by atoms with Crippen molar-refractivity contribution in [3.05, 3.63) is 36.4 Å². The van der Waals surface area contributed by atoms with Gasteiger partial charge in [0.05, 0.1) is 6.61 Å². The first-order chi connectivity index (χ1) is 7.63. The molecule has 0 fully saturated rings. The number of hydrogen-bond acceptors (Lipinski definition) is 4. The third-order valence-corrected chi connectivity index (χ3v) is 2.87. The van der Waals surface area contributed by atoms with Crippen LogP contribution in [0.4, 0.5) is 0 Å². The van der Waals surface area contributed by atoms with E-state index in [1.807, 2.05) is 6.07 Å². The summed E-state index contributed by atoms with van der Waals surface area (Å²) in [6.07, 6.45) is 0. The molecular formula is C12H14O3S. The maximum atomic E-state index is 11.2. The third-order valence-electron chi connectivity index (χ3n) is 1.79. The zero-order valence-electron chi connectivity index (χ0n) is 9.10. The summed E-state index contributed by atoms with van der Waals surface area (Å²) in [4.78, 5) is 12.1. The molecular weight excluding hydrogens is 224 g/mol. The summed E-state index contributed by atoms with van der Waals surface area (Å²) in [5.74, 6) is 0.310. The summed E-state index contributed by atoms with van der Waals surface area (Å²) in [6, 6.07) is 6.86. The largest absolute Gasteiger partial charge is 0.508 e. The van der Waals surface area contributed by atoms with Gasteiger partial charge in [-0.15, -0.1) is 11.8 Å². The highest BCUT2D eigenvalue weighted by Gasteiger charge is 2.08. The van der Waals surface area contributed by atoms with Gasteiger partial charge in [-0.05, 0) is 25.1 Å². The van der Waals surface area contributed by atoms with Crippen molar-refractivity contribution < 1.29 is 14.6 Å². The third kappa shape index (κ3) is 3.98. The number of thioether (sulfide) groups is 1. The van der Waals surface area contributed by atoms with E-state index in [0.717, 1.165) is 4.90 Å². The molecule has 0 bridgehead atoms. The smallest absolute Gasteiger partial charge is 0.334 e. The Bertz CT molecular complexity index is 388. The van der Waals surface area contributed by atoms with Crippen LogP contribution in [-0.4, -0.2) is 23.4 Å². The topological polar surface area (TPSA) is 46.5 Å². The van der Waals surface area contributed by atoms with Gasteiger partial charge in [0.25, 0.3) is 0 Å². The Balaban J connectivity index is 2.46. The van der Waals surface area contributed by atoms with Crippen molar-refractivity contribution in [1.82, 2.24) is 0 Å². The molecule has 0 aromatic heterocycles. The van der Waals surface area contributed by atoms with Crippen LogP contribution in [0.3, 0.4) is 0 Å². The summed E-state index contributed by atoms with van der Waals surface area (Å²) in [7, 11) is 0. The first kappa shape index (κ1) is 12.6. The first-order valence-corrected chi connectivity index (χ1v) is 5.88. The summed E-state index contributed by atoms with van der Waals surface area (Å²) >= 11 is 1.44. The maximum Gasteiger partial charge on any atom is 0.334 e. The maximum absolute atomic E-state index is 11.2. The normalized spacial score (nSPS) is 9.81. The minimum absolute atomic E-state index is 0.215. The molecule has 0 saturated carbocycles. The molecule has 1 rings (SSSR count). The van der Waals surface area contributed by atoms with Crippen LogP contribution < -0.4 is 0 Å². The van der Waals surface area contributed by atoms with E-state index in [1.54, 1.807) is 25.1 Å². The average Bonchev–Trinajstić information content (AvgIpc) is 2.26. The number of ether oxygens (including phenoxy) is 1. The number of phenols is 1. The molecule has 3 nitrogen and oxygen atoms in total. The predicted molar refractivity (Wildman–Crippen MR) is 64.6 cm³/mol. The van der Waals surface area contributed by atoms with Gasteiger partial charge in [0, 0.05) is 16.2 Å². The fourth-order valence-electron chi connectivity index (χ4n) is 1.04. The minimum Gasteiger partial charge on any atom is -0.508 e. The standard InChI is InChI=1S/C12H14O3S/c1-3-15-12(14)9(2)8-16-11-6-4-5-10(13)7-11/h4-7,13H,2-3,8H2,1H3. The zero-order valence-corrected chi connectivity index (χ0v) is 9.92. The van der Waals surface area contributed by atoms with Crippen molar-refractivity contribution in [2.45, 2.75) is 11.8 Å². The summed E-state index contributed by atoms with van der Waals surface area (Å²) in [5.41, 5.74) is 0.426. The van der Waals surface area contributed by atoms with Crippen molar-refractivity contribution in [3.8, 4) is 5.75 Å². The number of aromatic hydroxyl groups is 1. The number of phenolic OH excluding ortho intramolecular Hbond substituents is 1. The summed E-state index contributed by atoms with van der Waals surface area (Å²) in [5, 5.41) is 9.24. The number of carbonyl (C=O) groups is 1. The van der Waals surface area contributed by atoms with Gasteiger partial charge in [-0.1, -0.05) is 12.6 Å². The number of benzene rings is 1. The van der Waals surface area contributed by atoms with E-state index in [-0.39, 0.29) is 11.7 Å². The second-order valence-corrected chi connectivity index (χ2v) is 4.16. The molecule has 1 aromatic rings. The Morgan fingerprint density at radius 2 is 2.31 bits per heavy atom. The lowest BCUT2D eigenvalue weighted by Crippen LogP contribution is -2.08. The van der Waals surface area contributed by atoms with Crippen LogP contribution in [0.2, 0.25) is 0 Å². The summed E-state index contributed by atoms with van der Waals surface area (Å²) < 4.78 is 4.81. The molecule has 0 saturated heterocycles. The second kappa shape index (κ2) is 6.23. The molecule has 1 N–H and O–H groups in total. The van der Waals surface area contributed by atoms with Crippen LogP contribution in [0, 0.1) is 0 Å². The van der Waals surface area contributed by atoms with E-state index < -0.39 is 0 Å². The number of rotatable bonds is 5. The van der Waals surface area contributed by atoms with Gasteiger partial charge in [0.2, 0.25) is 0 Å². The van der Waals surface area contributed by atoms with E-state index in [0.29, 0.717) is 17.9 Å². The molecule has 0 aliphatic carbocycles. The summed E-state index contributed by atoms with van der Waals surface area (Å²) in [6.45, 7) is 5.77. The average molecular weight is 238 g/mol. The molecule has 0 amide bonds. The van der Waals surface area contributed by atoms with Crippen molar-refractivity contribution in [2.24, 2.45) is 0 Å². The van der Waals surface area contributed by atoms with E-state index in [1.165, 1.54) is 11.8 Å². The monoisotopic (exact) mass is 238 g/mol. The molecule has 0 aliphatic rings. The van der Waals surface area contributed by atoms with Gasteiger partial charge in [0.15, 0.2) is 0 Å². The molecule has 0 spiro atoms. The number of esters is 1. The van der Waals surface area contributed by atoms with E-state index >= 15 is 0 Å². The fourth-order valence-corrected chi connectivity index (χ4v) is 1.87. The van der Waals surface area contributed by atoms with Gasteiger partial charge in [-0.3, -0.25) is 0 Å². The Morgan fingerprint density at radius 1 is 1.56 bits per heavy atom. The molecule has 86 valence electrons. The van der Waals surface area contributed by atoms with Gasteiger partial charge in [0.1, 0.15) is 5.75 Å². The van der Waals surface area contributed by atoms with E-state index in [4.69, 9.17) is 4.74 Å². The van der Waals surface area contributed by atoms with Crippen molar-refractivity contribution in [1.29, 1.82) is 0 Å². The molecule has 0 radical (unpaired) electrons. The van der Waals surface area contributed by atoms with Crippen LogP contribution in [0.25, 0.3) is 0 Å². The second-order valence-electron chi connectivity index (χ2n) is 3.11. The lowest BCUT2D eigenvalue weighted by atomic mass is 10.3. The van der Waals surface area contributed by atoms with Gasteiger partial charge >= 0.3 is 5.97 Å². The first-order valence-electron chi connectivity index (χ1n) is 4.90.